The Morgan fingerprint density at radius 3 is 2.48 bits per heavy atom. The zero-order valence-corrected chi connectivity index (χ0v) is 28.8. The van der Waals surface area contributed by atoms with Crippen LogP contribution in [0.5, 0.6) is 5.75 Å². The van der Waals surface area contributed by atoms with E-state index < -0.39 is 33.9 Å². The lowest BCUT2D eigenvalue weighted by atomic mass is 10.0. The minimum Gasteiger partial charge on any atom is -0.490 e. The van der Waals surface area contributed by atoms with E-state index in [1.165, 1.54) is 28.4 Å². The molecule has 2 amide bonds. The Labute approximate surface area is 282 Å². The van der Waals surface area contributed by atoms with Crippen molar-refractivity contribution in [1.29, 1.82) is 0 Å². The fraction of sp³-hybridized carbons (Fsp3) is 0.444. The fourth-order valence-corrected chi connectivity index (χ4v) is 6.77. The van der Waals surface area contributed by atoms with Crippen LogP contribution in [0.4, 0.5) is 10.1 Å². The quantitative estimate of drug-likeness (QED) is 0.321. The predicted octanol–water partition coefficient (Wildman–Crippen LogP) is 5.12. The number of nitrogens with one attached hydrogen (secondary N) is 1. The summed E-state index contributed by atoms with van der Waals surface area (Å²) >= 11 is 0. The summed E-state index contributed by atoms with van der Waals surface area (Å²) in [7, 11) is -2.51. The number of benzene rings is 3. The topological polar surface area (TPSA) is 125 Å². The van der Waals surface area contributed by atoms with Crippen LogP contribution in [0.1, 0.15) is 56.0 Å². The number of halogens is 1. The Kier molecular flexibility index (Phi) is 13.1. The van der Waals surface area contributed by atoms with Crippen LogP contribution in [0.25, 0.3) is 0 Å². The average Bonchev–Trinajstić information content (AvgIpc) is 3.06. The van der Waals surface area contributed by atoms with Gasteiger partial charge in [0.05, 0.1) is 41.7 Å². The van der Waals surface area contributed by atoms with Gasteiger partial charge in [0.15, 0.2) is 0 Å². The number of hydrogen-bond donors (Lipinski definition) is 2. The molecule has 0 saturated heterocycles. The first-order valence-corrected chi connectivity index (χ1v) is 17.7. The first-order chi connectivity index (χ1) is 22.9. The summed E-state index contributed by atoms with van der Waals surface area (Å²) in [5.41, 5.74) is 1.52. The maximum atomic E-state index is 14.3. The number of sulfonamides is 1. The molecule has 0 aliphatic carbocycles. The van der Waals surface area contributed by atoms with Gasteiger partial charge in [-0.1, -0.05) is 37.3 Å². The third kappa shape index (κ3) is 9.85. The van der Waals surface area contributed by atoms with Crippen molar-refractivity contribution in [3.05, 3.63) is 89.7 Å². The van der Waals surface area contributed by atoms with E-state index in [1.807, 2.05) is 44.2 Å². The molecule has 12 heteroatoms. The minimum absolute atomic E-state index is 0.00981. The standard InChI is InChI=1S/C36H46FN3O7S/c1-25-22-40(26(2)24-41)36(43)32-21-30(38-35(42)20-28-11-6-5-7-12-28)15-18-33(32)47-27(3)10-8-9-19-46-34(25)23-39(4)48(44,45)31-16-13-29(37)14-17-31/h5-7,11-18,21,25-27,34,41H,8-10,19-20,22-24H2,1-4H3,(H,38,42)/t25-,26+,27+,34-/m1/s1. The fourth-order valence-electron chi connectivity index (χ4n) is 5.59. The van der Waals surface area contributed by atoms with E-state index in [9.17, 15) is 27.5 Å². The van der Waals surface area contributed by atoms with Gasteiger partial charge >= 0.3 is 0 Å². The van der Waals surface area contributed by atoms with Crippen LogP contribution in [0.3, 0.4) is 0 Å². The lowest BCUT2D eigenvalue weighted by molar-refractivity contribution is -0.115. The van der Waals surface area contributed by atoms with Crippen LogP contribution in [0.15, 0.2) is 77.7 Å². The van der Waals surface area contributed by atoms with E-state index in [0.29, 0.717) is 30.9 Å². The molecule has 2 N–H and O–H groups in total. The summed E-state index contributed by atoms with van der Waals surface area (Å²) in [6, 6.07) is 18.4. The SMILES string of the molecule is C[C@@H]1CN([C@@H](C)CO)C(=O)c2cc(NC(=O)Cc3ccccc3)ccc2O[C@@H](C)CCCCO[C@@H]1CN(C)S(=O)(=O)c1ccc(F)cc1. The number of aliphatic hydroxyl groups excluding tert-OH is 1. The van der Waals surface area contributed by atoms with Crippen molar-refractivity contribution in [2.75, 3.05) is 38.7 Å². The second kappa shape index (κ2) is 17.0. The normalized spacial score (nSPS) is 20.4. The van der Waals surface area contributed by atoms with Crippen molar-refractivity contribution >= 4 is 27.5 Å². The molecule has 0 radical (unpaired) electrons. The number of nitrogens with zero attached hydrogens (tertiary/aromatic N) is 2. The van der Waals surface area contributed by atoms with Crippen molar-refractivity contribution in [1.82, 2.24) is 9.21 Å². The van der Waals surface area contributed by atoms with Crippen LogP contribution >= 0.6 is 0 Å². The van der Waals surface area contributed by atoms with Crippen molar-refractivity contribution in [2.24, 2.45) is 5.92 Å². The molecule has 0 unspecified atom stereocenters. The maximum Gasteiger partial charge on any atom is 0.258 e. The number of aliphatic hydroxyl groups is 1. The first-order valence-electron chi connectivity index (χ1n) is 16.3. The second-order valence-corrected chi connectivity index (χ2v) is 14.5. The van der Waals surface area contributed by atoms with Gasteiger partial charge in [-0.05, 0) is 81.1 Å². The number of carbonyl (C=O) groups excluding carboxylic acids is 2. The Balaban J connectivity index is 1.62. The summed E-state index contributed by atoms with van der Waals surface area (Å²) in [4.78, 5) is 28.7. The predicted molar refractivity (Wildman–Crippen MR) is 182 cm³/mol. The second-order valence-electron chi connectivity index (χ2n) is 12.5. The lowest BCUT2D eigenvalue weighted by Crippen LogP contribution is -2.48. The van der Waals surface area contributed by atoms with Crippen LogP contribution in [-0.2, 0) is 26.0 Å². The van der Waals surface area contributed by atoms with Gasteiger partial charge in [0.2, 0.25) is 15.9 Å². The highest BCUT2D eigenvalue weighted by Crippen LogP contribution is 2.29. The number of carbonyl (C=O) groups is 2. The van der Waals surface area contributed by atoms with Crippen molar-refractivity contribution in [3.63, 3.8) is 0 Å². The molecule has 3 aromatic carbocycles. The monoisotopic (exact) mass is 683 g/mol. The molecule has 0 fully saturated rings. The largest absolute Gasteiger partial charge is 0.490 e. The highest BCUT2D eigenvalue weighted by molar-refractivity contribution is 7.89. The first kappa shape index (κ1) is 37.0. The van der Waals surface area contributed by atoms with E-state index in [2.05, 4.69) is 5.32 Å². The molecule has 3 aromatic rings. The van der Waals surface area contributed by atoms with Crippen LogP contribution in [0.2, 0.25) is 0 Å². The van der Waals surface area contributed by atoms with Gasteiger partial charge in [0, 0.05) is 38.3 Å². The van der Waals surface area contributed by atoms with Crippen molar-refractivity contribution in [3.8, 4) is 5.75 Å². The van der Waals surface area contributed by atoms with E-state index in [0.717, 1.165) is 24.1 Å². The molecular weight excluding hydrogens is 637 g/mol. The molecule has 0 spiro atoms. The molecule has 1 heterocycles. The number of likely N-dealkylation sites (N-methyl/N-ethyl adjacent to an activating group) is 1. The molecule has 10 nitrogen and oxygen atoms in total. The zero-order valence-electron chi connectivity index (χ0n) is 28.0. The van der Waals surface area contributed by atoms with Crippen LogP contribution in [0, 0.1) is 11.7 Å². The molecule has 1 aliphatic heterocycles. The summed E-state index contributed by atoms with van der Waals surface area (Å²) < 4.78 is 53.9. The highest BCUT2D eigenvalue weighted by atomic mass is 32.2. The molecule has 4 rings (SSSR count). The highest BCUT2D eigenvalue weighted by Gasteiger charge is 2.32. The number of rotatable bonds is 9. The minimum atomic E-state index is -3.95. The number of amides is 2. The zero-order chi connectivity index (χ0) is 34.8. The molecule has 4 atom stereocenters. The van der Waals surface area contributed by atoms with Gasteiger partial charge in [-0.25, -0.2) is 12.8 Å². The summed E-state index contributed by atoms with van der Waals surface area (Å²) in [6.45, 7) is 5.70. The summed E-state index contributed by atoms with van der Waals surface area (Å²) in [5.74, 6) is -1.18. The van der Waals surface area contributed by atoms with E-state index in [-0.39, 0.29) is 54.5 Å². The van der Waals surface area contributed by atoms with Gasteiger partial charge < -0.3 is 24.8 Å². The molecule has 0 bridgehead atoms. The summed E-state index contributed by atoms with van der Waals surface area (Å²) in [6.07, 6.45) is 1.49. The molecule has 48 heavy (non-hydrogen) atoms. The number of anilines is 1. The maximum absolute atomic E-state index is 14.3. The van der Waals surface area contributed by atoms with Crippen LogP contribution in [-0.4, -0.2) is 86.1 Å². The van der Waals surface area contributed by atoms with Crippen LogP contribution < -0.4 is 10.1 Å². The van der Waals surface area contributed by atoms with Crippen molar-refractivity contribution < 1.29 is 37.0 Å². The number of fused-ring (bicyclic) bond motifs is 1. The Hall–Kier alpha value is -3.84. The third-order valence-corrected chi connectivity index (χ3v) is 10.3. The summed E-state index contributed by atoms with van der Waals surface area (Å²) in [5, 5.41) is 13.1. The van der Waals surface area contributed by atoms with E-state index in [4.69, 9.17) is 9.47 Å². The molecule has 1 aliphatic rings. The Morgan fingerprint density at radius 2 is 1.79 bits per heavy atom. The van der Waals surface area contributed by atoms with Gasteiger partial charge in [0.1, 0.15) is 11.6 Å². The Bertz CT molecular complexity index is 1620. The van der Waals surface area contributed by atoms with E-state index in [1.54, 1.807) is 25.1 Å². The van der Waals surface area contributed by atoms with Crippen molar-refractivity contribution in [2.45, 2.75) is 69.6 Å². The van der Waals surface area contributed by atoms with E-state index >= 15 is 0 Å². The molecule has 0 aromatic heterocycles. The molecule has 0 saturated carbocycles. The lowest BCUT2D eigenvalue weighted by Gasteiger charge is -2.35. The van der Waals surface area contributed by atoms with Gasteiger partial charge in [-0.3, -0.25) is 9.59 Å². The van der Waals surface area contributed by atoms with Gasteiger partial charge in [0.25, 0.3) is 5.91 Å². The average molecular weight is 684 g/mol. The number of hydrogen-bond acceptors (Lipinski definition) is 7. The molecule has 260 valence electrons. The van der Waals surface area contributed by atoms with Gasteiger partial charge in [-0.2, -0.15) is 4.31 Å². The number of ether oxygens (including phenoxy) is 2. The molecular formula is C36H46FN3O7S. The smallest absolute Gasteiger partial charge is 0.258 e. The third-order valence-electron chi connectivity index (χ3n) is 8.50. The Morgan fingerprint density at radius 1 is 1.08 bits per heavy atom. The van der Waals surface area contributed by atoms with Gasteiger partial charge in [-0.15, -0.1) is 0 Å².